The Morgan fingerprint density at radius 1 is 0.780 bits per heavy atom. The van der Waals surface area contributed by atoms with Crippen LogP contribution in [-0.4, -0.2) is 23.8 Å². The smallest absolute Gasteiger partial charge is 0.343 e. The number of esters is 2. The SMILES string of the molecule is Cc1cccc(N2C(=O)C(Cl)=C(Nc3ccc(C(=O)Oc4ccc(C(=O)OCc5ccccc5)cc4)cc3)C2=O)c1. The topological polar surface area (TPSA) is 102 Å². The highest BCUT2D eigenvalue weighted by atomic mass is 35.5. The largest absolute Gasteiger partial charge is 0.457 e. The van der Waals surface area contributed by atoms with Gasteiger partial charge in [0.05, 0.1) is 16.8 Å². The molecule has 204 valence electrons. The summed E-state index contributed by atoms with van der Waals surface area (Å²) in [5, 5.41) is 2.65. The second kappa shape index (κ2) is 11.9. The molecule has 0 atom stereocenters. The van der Waals surface area contributed by atoms with E-state index in [9.17, 15) is 19.2 Å². The number of hydrogen-bond acceptors (Lipinski definition) is 7. The van der Waals surface area contributed by atoms with Crippen molar-refractivity contribution < 1.29 is 28.7 Å². The molecule has 0 saturated carbocycles. The van der Waals surface area contributed by atoms with Crippen LogP contribution in [0.4, 0.5) is 11.4 Å². The Morgan fingerprint density at radius 3 is 2.12 bits per heavy atom. The summed E-state index contributed by atoms with van der Waals surface area (Å²) in [6, 6.07) is 28.5. The normalized spacial score (nSPS) is 12.9. The van der Waals surface area contributed by atoms with Crippen LogP contribution in [0.25, 0.3) is 0 Å². The van der Waals surface area contributed by atoms with Crippen molar-refractivity contribution >= 4 is 46.7 Å². The van der Waals surface area contributed by atoms with Gasteiger partial charge in [0, 0.05) is 5.69 Å². The molecule has 0 saturated heterocycles. The van der Waals surface area contributed by atoms with Gasteiger partial charge in [0.25, 0.3) is 11.8 Å². The summed E-state index contributed by atoms with van der Waals surface area (Å²) in [6.07, 6.45) is 0. The highest BCUT2D eigenvalue weighted by Gasteiger charge is 2.39. The van der Waals surface area contributed by atoms with Crippen LogP contribution in [-0.2, 0) is 20.9 Å². The van der Waals surface area contributed by atoms with E-state index < -0.39 is 23.8 Å². The highest BCUT2D eigenvalue weighted by Crippen LogP contribution is 2.30. The first-order valence-electron chi connectivity index (χ1n) is 12.6. The van der Waals surface area contributed by atoms with Crippen LogP contribution in [0.3, 0.4) is 0 Å². The van der Waals surface area contributed by atoms with E-state index in [0.29, 0.717) is 16.9 Å². The zero-order valence-electron chi connectivity index (χ0n) is 21.8. The predicted octanol–water partition coefficient (Wildman–Crippen LogP) is 6.01. The van der Waals surface area contributed by atoms with Gasteiger partial charge in [-0.25, -0.2) is 14.5 Å². The minimum absolute atomic E-state index is 0.0594. The van der Waals surface area contributed by atoms with Crippen LogP contribution in [0.5, 0.6) is 5.75 Å². The van der Waals surface area contributed by atoms with Crippen molar-refractivity contribution in [3.05, 3.63) is 136 Å². The Hall–Kier alpha value is -5.21. The van der Waals surface area contributed by atoms with E-state index in [2.05, 4.69) is 5.32 Å². The second-order valence-electron chi connectivity index (χ2n) is 9.15. The lowest BCUT2D eigenvalue weighted by molar-refractivity contribution is -0.120. The Labute approximate surface area is 240 Å². The molecule has 9 heteroatoms. The predicted molar refractivity (Wildman–Crippen MR) is 154 cm³/mol. The Balaban J connectivity index is 1.18. The van der Waals surface area contributed by atoms with Crippen molar-refractivity contribution in [2.45, 2.75) is 13.5 Å². The molecule has 5 rings (SSSR count). The Kier molecular flexibility index (Phi) is 7.94. The number of hydrogen-bond donors (Lipinski definition) is 1. The number of amides is 2. The molecule has 4 aromatic rings. The first-order chi connectivity index (χ1) is 19.8. The molecule has 0 unspecified atom stereocenters. The number of carbonyl (C=O) groups excluding carboxylic acids is 4. The summed E-state index contributed by atoms with van der Waals surface area (Å²) in [5.41, 5.74) is 3.14. The van der Waals surface area contributed by atoms with E-state index in [0.717, 1.165) is 16.0 Å². The van der Waals surface area contributed by atoms with Crippen molar-refractivity contribution in [1.82, 2.24) is 0 Å². The average molecular weight is 567 g/mol. The maximum atomic E-state index is 13.0. The van der Waals surface area contributed by atoms with Crippen LogP contribution >= 0.6 is 11.6 Å². The number of aryl methyl sites for hydroxylation is 1. The van der Waals surface area contributed by atoms with Gasteiger partial charge in [-0.15, -0.1) is 0 Å². The first kappa shape index (κ1) is 27.4. The van der Waals surface area contributed by atoms with Gasteiger partial charge in [0.15, 0.2) is 0 Å². The number of halogens is 1. The molecule has 0 radical (unpaired) electrons. The number of benzene rings is 4. The van der Waals surface area contributed by atoms with Gasteiger partial charge in [0.2, 0.25) is 0 Å². The maximum Gasteiger partial charge on any atom is 0.343 e. The van der Waals surface area contributed by atoms with E-state index in [1.54, 1.807) is 30.3 Å². The maximum absolute atomic E-state index is 13.0. The van der Waals surface area contributed by atoms with E-state index in [1.165, 1.54) is 36.4 Å². The Morgan fingerprint density at radius 2 is 1.44 bits per heavy atom. The van der Waals surface area contributed by atoms with Crippen molar-refractivity contribution in [2.75, 3.05) is 10.2 Å². The fraction of sp³-hybridized carbons (Fsp3) is 0.0625. The zero-order valence-corrected chi connectivity index (χ0v) is 22.6. The third kappa shape index (κ3) is 6.18. The van der Waals surface area contributed by atoms with Crippen LogP contribution in [0.15, 0.2) is 114 Å². The van der Waals surface area contributed by atoms with Gasteiger partial charge in [-0.05, 0) is 78.7 Å². The molecule has 8 nitrogen and oxygen atoms in total. The van der Waals surface area contributed by atoms with Crippen LogP contribution in [0, 0.1) is 6.92 Å². The third-order valence-electron chi connectivity index (χ3n) is 6.19. The van der Waals surface area contributed by atoms with Crippen molar-refractivity contribution in [1.29, 1.82) is 0 Å². The number of nitrogens with one attached hydrogen (secondary N) is 1. The summed E-state index contributed by atoms with van der Waals surface area (Å²) >= 11 is 6.21. The van der Waals surface area contributed by atoms with Crippen molar-refractivity contribution in [2.24, 2.45) is 0 Å². The molecule has 1 aliphatic rings. The molecule has 0 aromatic heterocycles. The minimum Gasteiger partial charge on any atom is -0.457 e. The summed E-state index contributed by atoms with van der Waals surface area (Å²) < 4.78 is 10.7. The molecule has 1 aliphatic heterocycles. The highest BCUT2D eigenvalue weighted by molar-refractivity contribution is 6.53. The zero-order chi connectivity index (χ0) is 28.9. The van der Waals surface area contributed by atoms with E-state index in [4.69, 9.17) is 21.1 Å². The quantitative estimate of drug-likeness (QED) is 0.158. The van der Waals surface area contributed by atoms with Gasteiger partial charge in [-0.3, -0.25) is 9.59 Å². The molecule has 0 aliphatic carbocycles. The molecular weight excluding hydrogens is 544 g/mol. The van der Waals surface area contributed by atoms with Gasteiger partial charge >= 0.3 is 11.9 Å². The molecule has 0 bridgehead atoms. The van der Waals surface area contributed by atoms with Crippen molar-refractivity contribution in [3.63, 3.8) is 0 Å². The average Bonchev–Trinajstić information content (AvgIpc) is 3.20. The molecule has 1 heterocycles. The van der Waals surface area contributed by atoms with Crippen LogP contribution in [0.1, 0.15) is 31.8 Å². The summed E-state index contributed by atoms with van der Waals surface area (Å²) in [5.74, 6) is -2.07. The van der Waals surface area contributed by atoms with Gasteiger partial charge < -0.3 is 14.8 Å². The lowest BCUT2D eigenvalue weighted by atomic mass is 10.2. The Bertz CT molecular complexity index is 1660. The molecular formula is C32H23ClN2O6. The van der Waals surface area contributed by atoms with Gasteiger partial charge in [-0.2, -0.15) is 0 Å². The number of rotatable bonds is 8. The number of nitrogens with zero attached hydrogens (tertiary/aromatic N) is 1. The number of imide groups is 1. The third-order valence-corrected chi connectivity index (χ3v) is 6.54. The number of anilines is 2. The lowest BCUT2D eigenvalue weighted by Crippen LogP contribution is -2.32. The van der Waals surface area contributed by atoms with E-state index in [-0.39, 0.29) is 28.6 Å². The summed E-state index contributed by atoms with van der Waals surface area (Å²) in [4.78, 5) is 51.6. The van der Waals surface area contributed by atoms with Crippen LogP contribution < -0.4 is 15.0 Å². The summed E-state index contributed by atoms with van der Waals surface area (Å²) in [6.45, 7) is 2.01. The van der Waals surface area contributed by atoms with Crippen molar-refractivity contribution in [3.8, 4) is 5.75 Å². The van der Waals surface area contributed by atoms with E-state index >= 15 is 0 Å². The lowest BCUT2D eigenvalue weighted by Gasteiger charge is -2.15. The van der Waals surface area contributed by atoms with Crippen LogP contribution in [0.2, 0.25) is 0 Å². The molecule has 0 spiro atoms. The minimum atomic E-state index is -0.625. The number of ether oxygens (including phenoxy) is 2. The standard InChI is InChI=1S/C32H23ClN2O6/c1-20-6-5-9-25(18-20)35-29(36)27(33)28(30(35)37)34-24-14-10-23(11-15-24)32(39)41-26-16-12-22(13-17-26)31(38)40-19-21-7-3-2-4-8-21/h2-18,34H,19H2,1H3. The van der Waals surface area contributed by atoms with Gasteiger partial charge in [-0.1, -0.05) is 54.1 Å². The fourth-order valence-corrected chi connectivity index (χ4v) is 4.29. The second-order valence-corrected chi connectivity index (χ2v) is 9.53. The monoisotopic (exact) mass is 566 g/mol. The molecule has 41 heavy (non-hydrogen) atoms. The number of carbonyl (C=O) groups is 4. The first-order valence-corrected chi connectivity index (χ1v) is 12.9. The molecule has 2 amide bonds. The molecule has 4 aromatic carbocycles. The molecule has 0 fully saturated rings. The summed E-state index contributed by atoms with van der Waals surface area (Å²) in [7, 11) is 0. The fourth-order valence-electron chi connectivity index (χ4n) is 4.08. The van der Waals surface area contributed by atoms with Gasteiger partial charge in [0.1, 0.15) is 23.1 Å². The molecule has 1 N–H and O–H groups in total. The van der Waals surface area contributed by atoms with E-state index in [1.807, 2.05) is 43.3 Å².